The fraction of sp³-hybridized carbons (Fsp3) is 0.250. The Hall–Kier alpha value is -2.28. The van der Waals surface area contributed by atoms with Gasteiger partial charge in [0.1, 0.15) is 6.54 Å². The molecule has 1 rings (SSSR count). The lowest BCUT2D eigenvalue weighted by atomic mass is 10.2. The fourth-order valence-corrected chi connectivity index (χ4v) is 1.56. The third kappa shape index (κ3) is 5.15. The van der Waals surface area contributed by atoms with Crippen LogP contribution in [0.5, 0.6) is 0 Å². The number of hydrogen-bond donors (Lipinski definition) is 3. The molecule has 0 radical (unpaired) electrons. The molecule has 0 saturated carbocycles. The lowest BCUT2D eigenvalue weighted by molar-refractivity contribution is -0.141. The summed E-state index contributed by atoms with van der Waals surface area (Å²) in [7, 11) is 0. The summed E-state index contributed by atoms with van der Waals surface area (Å²) < 4.78 is 4.63. The number of benzene rings is 1. The van der Waals surface area contributed by atoms with Gasteiger partial charge in [0.05, 0.1) is 12.2 Å². The molecule has 0 aliphatic carbocycles. The third-order valence-corrected chi connectivity index (χ3v) is 2.32. The van der Waals surface area contributed by atoms with Crippen LogP contribution in [-0.4, -0.2) is 36.2 Å². The molecule has 1 aromatic carbocycles. The first-order valence-electron chi connectivity index (χ1n) is 5.66. The number of ether oxygens (including phenoxy) is 1. The number of aromatic carboxylic acids is 1. The molecule has 0 unspecified atom stereocenters. The molecule has 0 bridgehead atoms. The van der Waals surface area contributed by atoms with E-state index >= 15 is 0 Å². The average Bonchev–Trinajstić information content (AvgIpc) is 2.36. The number of esters is 1. The molecule has 0 spiro atoms. The Morgan fingerprint density at radius 2 is 2.00 bits per heavy atom. The van der Waals surface area contributed by atoms with Crippen LogP contribution in [0.2, 0.25) is 5.02 Å². The number of carbonyl (C=O) groups is 3. The van der Waals surface area contributed by atoms with Gasteiger partial charge in [0.15, 0.2) is 0 Å². The first kappa shape index (κ1) is 15.8. The van der Waals surface area contributed by atoms with Crippen molar-refractivity contribution in [3.8, 4) is 0 Å². The van der Waals surface area contributed by atoms with Crippen LogP contribution in [0, 0.1) is 0 Å². The van der Waals surface area contributed by atoms with Gasteiger partial charge in [0.25, 0.3) is 0 Å². The number of urea groups is 1. The van der Waals surface area contributed by atoms with Crippen LogP contribution < -0.4 is 10.6 Å². The molecule has 0 heterocycles. The quantitative estimate of drug-likeness (QED) is 0.718. The monoisotopic (exact) mass is 300 g/mol. The van der Waals surface area contributed by atoms with Crippen LogP contribution in [0.25, 0.3) is 0 Å². The highest BCUT2D eigenvalue weighted by Gasteiger charge is 2.09. The summed E-state index contributed by atoms with van der Waals surface area (Å²) >= 11 is 5.74. The van der Waals surface area contributed by atoms with Crippen molar-refractivity contribution in [2.45, 2.75) is 6.92 Å². The molecule has 3 N–H and O–H groups in total. The van der Waals surface area contributed by atoms with Crippen LogP contribution in [0.1, 0.15) is 17.3 Å². The summed E-state index contributed by atoms with van der Waals surface area (Å²) in [5, 5.41) is 13.7. The summed E-state index contributed by atoms with van der Waals surface area (Å²) in [5.41, 5.74) is 0.148. The first-order chi connectivity index (χ1) is 9.42. The van der Waals surface area contributed by atoms with Gasteiger partial charge >= 0.3 is 18.0 Å². The number of anilines is 1. The lowest BCUT2D eigenvalue weighted by Crippen LogP contribution is -2.34. The standard InChI is InChI=1S/C12H13ClN2O5/c1-2-20-10(16)6-14-12(19)15-9-4-7(11(17)18)3-8(13)5-9/h3-5H,2,6H2,1H3,(H,17,18)(H2,14,15,19). The number of nitrogens with one attached hydrogen (secondary N) is 2. The maximum absolute atomic E-state index is 11.5. The van der Waals surface area contributed by atoms with Crippen molar-refractivity contribution in [1.29, 1.82) is 0 Å². The molecule has 20 heavy (non-hydrogen) atoms. The lowest BCUT2D eigenvalue weighted by Gasteiger charge is -2.08. The number of amides is 2. The molecule has 0 aromatic heterocycles. The molecule has 2 amide bonds. The number of carboxylic acids is 1. The number of hydrogen-bond acceptors (Lipinski definition) is 4. The van der Waals surface area contributed by atoms with Gasteiger partial charge < -0.3 is 20.5 Å². The molecule has 108 valence electrons. The number of carboxylic acid groups (broad SMARTS) is 1. The predicted molar refractivity (Wildman–Crippen MR) is 72.1 cm³/mol. The fourth-order valence-electron chi connectivity index (χ4n) is 1.33. The second-order valence-corrected chi connectivity index (χ2v) is 4.08. The van der Waals surface area contributed by atoms with Gasteiger partial charge in [0, 0.05) is 10.7 Å². The third-order valence-electron chi connectivity index (χ3n) is 2.10. The number of rotatable bonds is 5. The van der Waals surface area contributed by atoms with Gasteiger partial charge in [0.2, 0.25) is 0 Å². The zero-order valence-corrected chi connectivity index (χ0v) is 11.4. The zero-order chi connectivity index (χ0) is 15.1. The average molecular weight is 301 g/mol. The van der Waals surface area contributed by atoms with Crippen molar-refractivity contribution < 1.29 is 24.2 Å². The van der Waals surface area contributed by atoms with Crippen LogP contribution >= 0.6 is 11.6 Å². The van der Waals surface area contributed by atoms with E-state index in [1.807, 2.05) is 0 Å². The van der Waals surface area contributed by atoms with E-state index in [4.69, 9.17) is 16.7 Å². The second-order valence-electron chi connectivity index (χ2n) is 3.65. The molecular weight excluding hydrogens is 288 g/mol. The van der Waals surface area contributed by atoms with Gasteiger partial charge in [-0.15, -0.1) is 0 Å². The molecule has 8 heteroatoms. The minimum absolute atomic E-state index is 0.0572. The topological polar surface area (TPSA) is 105 Å². The zero-order valence-electron chi connectivity index (χ0n) is 10.6. The molecular formula is C12H13ClN2O5. The van der Waals surface area contributed by atoms with Gasteiger partial charge in [-0.3, -0.25) is 4.79 Å². The summed E-state index contributed by atoms with van der Waals surface area (Å²) in [4.78, 5) is 33.4. The Balaban J connectivity index is 2.62. The maximum Gasteiger partial charge on any atom is 0.335 e. The highest BCUT2D eigenvalue weighted by atomic mass is 35.5. The van der Waals surface area contributed by atoms with Crippen molar-refractivity contribution in [2.75, 3.05) is 18.5 Å². The van der Waals surface area contributed by atoms with Gasteiger partial charge in [-0.1, -0.05) is 11.6 Å². The highest BCUT2D eigenvalue weighted by molar-refractivity contribution is 6.31. The van der Waals surface area contributed by atoms with E-state index < -0.39 is 18.0 Å². The van der Waals surface area contributed by atoms with E-state index in [-0.39, 0.29) is 29.4 Å². The van der Waals surface area contributed by atoms with E-state index in [1.54, 1.807) is 6.92 Å². The summed E-state index contributed by atoms with van der Waals surface area (Å²) in [6, 6.07) is 3.22. The van der Waals surface area contributed by atoms with Crippen molar-refractivity contribution in [1.82, 2.24) is 5.32 Å². The Bertz CT molecular complexity index is 533. The maximum atomic E-state index is 11.5. The molecule has 0 aliphatic heterocycles. The molecule has 0 atom stereocenters. The van der Waals surface area contributed by atoms with Gasteiger partial charge in [-0.05, 0) is 25.1 Å². The molecule has 1 aromatic rings. The van der Waals surface area contributed by atoms with E-state index in [2.05, 4.69) is 15.4 Å². The Morgan fingerprint density at radius 1 is 1.30 bits per heavy atom. The van der Waals surface area contributed by atoms with Crippen molar-refractivity contribution in [2.24, 2.45) is 0 Å². The van der Waals surface area contributed by atoms with Gasteiger partial charge in [-0.2, -0.15) is 0 Å². The number of carbonyl (C=O) groups excluding carboxylic acids is 2. The smallest absolute Gasteiger partial charge is 0.335 e. The molecule has 0 fully saturated rings. The van der Waals surface area contributed by atoms with Crippen LogP contribution in [0.15, 0.2) is 18.2 Å². The summed E-state index contributed by atoms with van der Waals surface area (Å²) in [6.45, 7) is 1.59. The van der Waals surface area contributed by atoms with E-state index in [9.17, 15) is 14.4 Å². The second kappa shape index (κ2) is 7.34. The SMILES string of the molecule is CCOC(=O)CNC(=O)Nc1cc(Cl)cc(C(=O)O)c1. The largest absolute Gasteiger partial charge is 0.478 e. The van der Waals surface area contributed by atoms with E-state index in [1.165, 1.54) is 18.2 Å². The molecule has 0 aliphatic rings. The number of halogens is 1. The Kier molecular flexibility index (Phi) is 5.79. The minimum Gasteiger partial charge on any atom is -0.478 e. The molecule has 7 nitrogen and oxygen atoms in total. The summed E-state index contributed by atoms with van der Waals surface area (Å²) in [6.07, 6.45) is 0. The van der Waals surface area contributed by atoms with Crippen molar-refractivity contribution in [3.05, 3.63) is 28.8 Å². The molecule has 0 saturated heterocycles. The van der Waals surface area contributed by atoms with Crippen LogP contribution in [0.3, 0.4) is 0 Å². The predicted octanol–water partition coefficient (Wildman–Crippen LogP) is 1.72. The van der Waals surface area contributed by atoms with E-state index in [0.717, 1.165) is 0 Å². The Morgan fingerprint density at radius 3 is 2.60 bits per heavy atom. The van der Waals surface area contributed by atoms with Crippen LogP contribution in [0.4, 0.5) is 10.5 Å². The minimum atomic E-state index is -1.16. The Labute approximate surface area is 119 Å². The van der Waals surface area contributed by atoms with Gasteiger partial charge in [-0.25, -0.2) is 9.59 Å². The highest BCUT2D eigenvalue weighted by Crippen LogP contribution is 2.19. The van der Waals surface area contributed by atoms with Crippen molar-refractivity contribution in [3.63, 3.8) is 0 Å². The summed E-state index contributed by atoms with van der Waals surface area (Å²) in [5.74, 6) is -1.73. The first-order valence-corrected chi connectivity index (χ1v) is 6.04. The van der Waals surface area contributed by atoms with Crippen molar-refractivity contribution >= 4 is 35.3 Å². The van der Waals surface area contributed by atoms with Crippen LogP contribution in [-0.2, 0) is 9.53 Å². The normalized spacial score (nSPS) is 9.70. The van der Waals surface area contributed by atoms with E-state index in [0.29, 0.717) is 0 Å².